The first kappa shape index (κ1) is 32.1. The Bertz CT molecular complexity index is 1980. The van der Waals surface area contributed by atoms with Gasteiger partial charge in [0.05, 0.1) is 41.9 Å². The summed E-state index contributed by atoms with van der Waals surface area (Å²) in [6.07, 6.45) is 3.06. The normalized spacial score (nSPS) is 21.1. The molecule has 2 fully saturated rings. The lowest BCUT2D eigenvalue weighted by Crippen LogP contribution is -2.64. The number of benzene rings is 1. The zero-order valence-electron chi connectivity index (χ0n) is 25.5. The van der Waals surface area contributed by atoms with E-state index in [-0.39, 0.29) is 43.9 Å². The van der Waals surface area contributed by atoms with E-state index < -0.39 is 46.1 Å². The average Bonchev–Trinajstić information content (AvgIpc) is 3.70. The van der Waals surface area contributed by atoms with Crippen molar-refractivity contribution in [3.63, 3.8) is 0 Å². The van der Waals surface area contributed by atoms with E-state index in [1.165, 1.54) is 20.1 Å². The topological polar surface area (TPSA) is 206 Å². The van der Waals surface area contributed by atoms with Crippen LogP contribution in [0.3, 0.4) is 0 Å². The number of rotatable bonds is 9. The Kier molecular flexibility index (Phi) is 8.44. The number of nitriles is 1. The zero-order chi connectivity index (χ0) is 33.5. The Hall–Kier alpha value is -4.89. The Morgan fingerprint density at radius 3 is 2.70 bits per heavy atom. The van der Waals surface area contributed by atoms with Gasteiger partial charge in [-0.25, -0.2) is 28.0 Å². The first-order valence-electron chi connectivity index (χ1n) is 14.8. The summed E-state index contributed by atoms with van der Waals surface area (Å²) in [4.78, 5) is 35.4. The van der Waals surface area contributed by atoms with Crippen LogP contribution in [0.15, 0.2) is 55.2 Å². The summed E-state index contributed by atoms with van der Waals surface area (Å²) in [6.45, 7) is 1.84. The van der Waals surface area contributed by atoms with Crippen molar-refractivity contribution in [3.8, 4) is 23.1 Å². The number of aromatic nitrogens is 5. The molecule has 0 unspecified atom stereocenters. The molecule has 2 saturated heterocycles. The number of anilines is 1. The monoisotopic (exact) mass is 664 g/mol. The van der Waals surface area contributed by atoms with E-state index in [0.717, 1.165) is 0 Å². The molecule has 2 aliphatic heterocycles. The fourth-order valence-corrected chi connectivity index (χ4v) is 7.09. The number of aliphatic carboxylic acids is 1. The van der Waals surface area contributed by atoms with Crippen LogP contribution in [0.1, 0.15) is 26.2 Å². The molecule has 2 N–H and O–H groups in total. The largest absolute Gasteiger partial charge is 0.479 e. The minimum atomic E-state index is -3.41. The number of carbonyl (C=O) groups excluding carboxylic acids is 1. The number of fused-ring (bicyclic) bond motifs is 1. The van der Waals surface area contributed by atoms with E-state index in [0.29, 0.717) is 28.0 Å². The summed E-state index contributed by atoms with van der Waals surface area (Å²) >= 11 is 0. The SMILES string of the molecule is CCS(=O)(=O)N1CC(CC#N)(n2cc(-c3ncnc4c3ccn4C(=O)N(C)c3ccccc3O[C@H]3C[C@@H](O)C[C@@H](C(=O)O)O3)cn2)C1. The smallest absolute Gasteiger partial charge is 0.334 e. The first-order valence-corrected chi connectivity index (χ1v) is 16.4. The molecular weight excluding hydrogens is 632 g/mol. The van der Waals surface area contributed by atoms with E-state index in [2.05, 4.69) is 21.1 Å². The summed E-state index contributed by atoms with van der Waals surface area (Å²) in [5.74, 6) is -0.988. The van der Waals surface area contributed by atoms with Gasteiger partial charge in [-0.05, 0) is 25.1 Å². The highest BCUT2D eigenvalue weighted by atomic mass is 32.2. The second kappa shape index (κ2) is 12.4. The number of amides is 1. The molecule has 0 radical (unpaired) electrons. The quantitative estimate of drug-likeness (QED) is 0.264. The summed E-state index contributed by atoms with van der Waals surface area (Å²) in [5.41, 5.74) is 0.962. The molecule has 47 heavy (non-hydrogen) atoms. The van der Waals surface area contributed by atoms with Crippen molar-refractivity contribution in [3.05, 3.63) is 55.2 Å². The molecule has 1 amide bonds. The van der Waals surface area contributed by atoms with Gasteiger partial charge in [-0.1, -0.05) is 12.1 Å². The van der Waals surface area contributed by atoms with Gasteiger partial charge in [-0.3, -0.25) is 14.1 Å². The van der Waals surface area contributed by atoms with Gasteiger partial charge >= 0.3 is 12.0 Å². The van der Waals surface area contributed by atoms with Crippen molar-refractivity contribution >= 4 is 38.7 Å². The molecular formula is C30H32N8O8S. The Balaban J connectivity index is 1.25. The molecule has 5 heterocycles. The Morgan fingerprint density at radius 2 is 1.98 bits per heavy atom. The number of hydrogen-bond donors (Lipinski definition) is 2. The summed E-state index contributed by atoms with van der Waals surface area (Å²) in [7, 11) is -1.86. The molecule has 1 aromatic carbocycles. The third kappa shape index (κ3) is 5.91. The molecule has 16 nitrogen and oxygen atoms in total. The number of hydrogen-bond acceptors (Lipinski definition) is 11. The lowest BCUT2D eigenvalue weighted by atomic mass is 9.89. The van der Waals surface area contributed by atoms with Gasteiger partial charge in [0.2, 0.25) is 16.3 Å². The highest BCUT2D eigenvalue weighted by molar-refractivity contribution is 7.89. The fraction of sp³-hybridized carbons (Fsp3) is 0.400. The lowest BCUT2D eigenvalue weighted by Gasteiger charge is -2.47. The summed E-state index contributed by atoms with van der Waals surface area (Å²) in [6, 6.07) is 10.0. The van der Waals surface area contributed by atoms with Crippen LogP contribution in [0.2, 0.25) is 0 Å². The van der Waals surface area contributed by atoms with E-state index in [4.69, 9.17) is 9.47 Å². The summed E-state index contributed by atoms with van der Waals surface area (Å²) < 4.78 is 40.5. The maximum atomic E-state index is 13.8. The minimum Gasteiger partial charge on any atom is -0.479 e. The fourth-order valence-electron chi connectivity index (χ4n) is 5.85. The Labute approximate surface area is 269 Å². The van der Waals surface area contributed by atoms with E-state index in [1.807, 2.05) is 0 Å². The number of aliphatic hydroxyl groups excluding tert-OH is 1. The van der Waals surface area contributed by atoms with Crippen LogP contribution >= 0.6 is 0 Å². The van der Waals surface area contributed by atoms with Crippen LogP contribution in [0.5, 0.6) is 5.75 Å². The average molecular weight is 665 g/mol. The van der Waals surface area contributed by atoms with E-state index in [9.17, 15) is 33.5 Å². The van der Waals surface area contributed by atoms with Crippen molar-refractivity contribution in [1.82, 2.24) is 28.6 Å². The summed E-state index contributed by atoms with van der Waals surface area (Å²) in [5, 5.41) is 34.0. The molecule has 0 spiro atoms. The number of nitrogens with zero attached hydrogens (tertiary/aromatic N) is 8. The van der Waals surface area contributed by atoms with Crippen molar-refractivity contribution < 1.29 is 37.7 Å². The molecule has 0 aliphatic carbocycles. The van der Waals surface area contributed by atoms with Crippen LogP contribution in [-0.2, 0) is 25.1 Å². The molecule has 0 bridgehead atoms. The molecule has 17 heteroatoms. The maximum Gasteiger partial charge on any atom is 0.334 e. The van der Waals surface area contributed by atoms with Gasteiger partial charge in [0.1, 0.15) is 17.6 Å². The highest BCUT2D eigenvalue weighted by Gasteiger charge is 2.49. The second-order valence-corrected chi connectivity index (χ2v) is 13.7. The maximum absolute atomic E-state index is 13.8. The third-order valence-electron chi connectivity index (χ3n) is 8.45. The molecule has 3 aromatic heterocycles. The molecule has 6 rings (SSSR count). The van der Waals surface area contributed by atoms with Gasteiger partial charge in [0.25, 0.3) is 0 Å². The van der Waals surface area contributed by atoms with E-state index >= 15 is 0 Å². The number of para-hydroxylation sites is 2. The van der Waals surface area contributed by atoms with Gasteiger partial charge in [-0.2, -0.15) is 14.7 Å². The number of carbonyl (C=O) groups is 2. The minimum absolute atomic E-state index is 0.0330. The van der Waals surface area contributed by atoms with Crippen LogP contribution in [-0.4, -0.2) is 104 Å². The van der Waals surface area contributed by atoms with Crippen molar-refractivity contribution in [1.29, 1.82) is 5.26 Å². The van der Waals surface area contributed by atoms with Crippen molar-refractivity contribution in [2.45, 2.75) is 50.2 Å². The Morgan fingerprint density at radius 1 is 1.21 bits per heavy atom. The number of sulfonamides is 1. The third-order valence-corrected chi connectivity index (χ3v) is 10.2. The van der Waals surface area contributed by atoms with Gasteiger partial charge in [0, 0.05) is 56.3 Å². The highest BCUT2D eigenvalue weighted by Crippen LogP contribution is 2.36. The molecule has 3 atom stereocenters. The lowest BCUT2D eigenvalue weighted by molar-refractivity contribution is -0.195. The number of ether oxygens (including phenoxy) is 2. The van der Waals surface area contributed by atoms with Crippen LogP contribution in [0.4, 0.5) is 10.5 Å². The van der Waals surface area contributed by atoms with Gasteiger partial charge in [-0.15, -0.1) is 0 Å². The van der Waals surface area contributed by atoms with E-state index in [1.54, 1.807) is 67.6 Å². The standard InChI is InChI=1S/C30H32N8O8S/c1-3-47(43,44)36-16-30(17-36,9-10-31)38-15-19(14-34-38)26-21-8-11-37(27(21)33-18-32-26)29(42)35(2)22-6-4-5-7-23(22)45-25-13-20(39)12-24(46-25)28(40)41/h4-8,11,14-15,18,20,24-25,39H,3,9,12-13,16-17H2,1-2H3,(H,40,41)/t20-,24-,25+/m0/s1. The molecule has 2 aliphatic rings. The van der Waals surface area contributed by atoms with Crippen LogP contribution in [0, 0.1) is 11.3 Å². The predicted molar refractivity (Wildman–Crippen MR) is 166 cm³/mol. The molecule has 0 saturated carbocycles. The molecule has 4 aromatic rings. The second-order valence-electron chi connectivity index (χ2n) is 11.5. The van der Waals surface area contributed by atoms with Gasteiger partial charge in [0.15, 0.2) is 11.8 Å². The van der Waals surface area contributed by atoms with Crippen LogP contribution < -0.4 is 9.64 Å². The van der Waals surface area contributed by atoms with Crippen molar-refractivity contribution in [2.24, 2.45) is 0 Å². The number of carboxylic acids is 1. The molecule has 246 valence electrons. The van der Waals surface area contributed by atoms with Crippen molar-refractivity contribution in [2.75, 3.05) is 30.8 Å². The van der Waals surface area contributed by atoms with Gasteiger partial charge < -0.3 is 19.7 Å². The number of carboxylic acid groups (broad SMARTS) is 1. The van der Waals surface area contributed by atoms with Crippen LogP contribution in [0.25, 0.3) is 22.3 Å². The predicted octanol–water partition coefficient (Wildman–Crippen LogP) is 2.00. The zero-order valence-corrected chi connectivity index (χ0v) is 26.3. The number of aliphatic hydroxyl groups is 1. The first-order chi connectivity index (χ1) is 22.5.